The van der Waals surface area contributed by atoms with Gasteiger partial charge in [-0.15, -0.1) is 23.1 Å². The zero-order chi connectivity index (χ0) is 12.1. The van der Waals surface area contributed by atoms with Crippen molar-refractivity contribution in [2.45, 2.75) is 36.9 Å². The minimum absolute atomic E-state index is 0.259. The van der Waals surface area contributed by atoms with Crippen LogP contribution in [0.5, 0.6) is 0 Å². The summed E-state index contributed by atoms with van der Waals surface area (Å²) in [6.45, 7) is 3.87. The summed E-state index contributed by atoms with van der Waals surface area (Å²) in [4.78, 5) is 4.66. The third-order valence-electron chi connectivity index (χ3n) is 2.69. The van der Waals surface area contributed by atoms with Gasteiger partial charge >= 0.3 is 0 Å². The average molecular weight is 273 g/mol. The SMILES string of the molecule is COC[C@@H](C)SCc1csc([C@H]2CCCO2)n1. The molecule has 1 aliphatic rings. The minimum Gasteiger partial charge on any atom is -0.384 e. The summed E-state index contributed by atoms with van der Waals surface area (Å²) >= 11 is 3.62. The summed E-state index contributed by atoms with van der Waals surface area (Å²) in [6.07, 6.45) is 2.55. The van der Waals surface area contributed by atoms with Crippen molar-refractivity contribution in [2.24, 2.45) is 0 Å². The smallest absolute Gasteiger partial charge is 0.122 e. The number of hydrogen-bond acceptors (Lipinski definition) is 5. The summed E-state index contributed by atoms with van der Waals surface area (Å²) < 4.78 is 10.8. The third-order valence-corrected chi connectivity index (χ3v) is 4.84. The Labute approximate surface area is 111 Å². The quantitative estimate of drug-likeness (QED) is 0.796. The van der Waals surface area contributed by atoms with Gasteiger partial charge in [0.1, 0.15) is 11.1 Å². The van der Waals surface area contributed by atoms with E-state index in [1.54, 1.807) is 18.4 Å². The van der Waals surface area contributed by atoms with Crippen LogP contribution in [-0.4, -0.2) is 30.6 Å². The van der Waals surface area contributed by atoms with E-state index in [4.69, 9.17) is 9.47 Å². The molecule has 5 heteroatoms. The van der Waals surface area contributed by atoms with Crippen LogP contribution in [-0.2, 0) is 15.2 Å². The van der Waals surface area contributed by atoms with Crippen LogP contribution < -0.4 is 0 Å². The molecule has 1 saturated heterocycles. The highest BCUT2D eigenvalue weighted by Crippen LogP contribution is 2.31. The van der Waals surface area contributed by atoms with Crippen molar-refractivity contribution in [2.75, 3.05) is 20.3 Å². The lowest BCUT2D eigenvalue weighted by atomic mass is 10.2. The first-order valence-electron chi connectivity index (χ1n) is 5.96. The van der Waals surface area contributed by atoms with E-state index in [1.807, 2.05) is 11.8 Å². The summed E-state index contributed by atoms with van der Waals surface area (Å²) in [5.74, 6) is 0.966. The van der Waals surface area contributed by atoms with Crippen LogP contribution in [0.2, 0.25) is 0 Å². The number of nitrogens with zero attached hydrogens (tertiary/aromatic N) is 1. The highest BCUT2D eigenvalue weighted by molar-refractivity contribution is 7.99. The molecule has 0 bridgehead atoms. The van der Waals surface area contributed by atoms with Gasteiger partial charge in [0.25, 0.3) is 0 Å². The van der Waals surface area contributed by atoms with E-state index in [2.05, 4.69) is 17.3 Å². The van der Waals surface area contributed by atoms with Crippen molar-refractivity contribution in [3.05, 3.63) is 16.1 Å². The number of hydrogen-bond donors (Lipinski definition) is 0. The van der Waals surface area contributed by atoms with Crippen molar-refractivity contribution in [1.29, 1.82) is 0 Å². The Balaban J connectivity index is 1.81. The molecule has 96 valence electrons. The molecule has 2 heterocycles. The molecule has 0 radical (unpaired) electrons. The van der Waals surface area contributed by atoms with Gasteiger partial charge < -0.3 is 9.47 Å². The number of aromatic nitrogens is 1. The molecule has 3 nitrogen and oxygen atoms in total. The Kier molecular flexibility index (Phi) is 5.28. The highest BCUT2D eigenvalue weighted by Gasteiger charge is 2.20. The van der Waals surface area contributed by atoms with Crippen LogP contribution >= 0.6 is 23.1 Å². The van der Waals surface area contributed by atoms with Gasteiger partial charge in [-0.1, -0.05) is 6.92 Å². The lowest BCUT2D eigenvalue weighted by molar-refractivity contribution is 0.111. The second-order valence-corrected chi connectivity index (χ2v) is 6.57. The van der Waals surface area contributed by atoms with Crippen molar-refractivity contribution < 1.29 is 9.47 Å². The first kappa shape index (κ1) is 13.3. The average Bonchev–Trinajstić information content (AvgIpc) is 2.97. The largest absolute Gasteiger partial charge is 0.384 e. The van der Waals surface area contributed by atoms with E-state index in [-0.39, 0.29) is 6.10 Å². The highest BCUT2D eigenvalue weighted by atomic mass is 32.2. The van der Waals surface area contributed by atoms with Crippen molar-refractivity contribution in [1.82, 2.24) is 4.98 Å². The Hall–Kier alpha value is -0.100. The Morgan fingerprint density at radius 3 is 3.29 bits per heavy atom. The van der Waals surface area contributed by atoms with E-state index < -0.39 is 0 Å². The molecular weight excluding hydrogens is 254 g/mol. The minimum atomic E-state index is 0.259. The van der Waals surface area contributed by atoms with Crippen molar-refractivity contribution in [3.63, 3.8) is 0 Å². The number of thiazole rings is 1. The molecule has 1 fully saturated rings. The fourth-order valence-corrected chi connectivity index (χ4v) is 3.66. The molecule has 2 rings (SSSR count). The second kappa shape index (κ2) is 6.73. The first-order valence-corrected chi connectivity index (χ1v) is 7.89. The molecule has 0 N–H and O–H groups in total. The summed E-state index contributed by atoms with van der Waals surface area (Å²) in [5, 5.41) is 3.83. The third kappa shape index (κ3) is 3.95. The number of rotatable bonds is 6. The molecule has 0 unspecified atom stereocenters. The topological polar surface area (TPSA) is 31.4 Å². The molecule has 0 aliphatic carbocycles. The van der Waals surface area contributed by atoms with Gasteiger partial charge in [0.2, 0.25) is 0 Å². The maximum absolute atomic E-state index is 5.64. The van der Waals surface area contributed by atoms with Crippen LogP contribution in [0, 0.1) is 0 Å². The first-order chi connectivity index (χ1) is 8.29. The molecule has 0 amide bonds. The predicted molar refractivity (Wildman–Crippen MR) is 72.7 cm³/mol. The summed E-state index contributed by atoms with van der Waals surface area (Å²) in [6, 6.07) is 0. The molecule has 0 aromatic carbocycles. The van der Waals surface area contributed by atoms with Crippen LogP contribution in [0.1, 0.15) is 36.6 Å². The molecule has 1 aromatic heterocycles. The molecule has 1 aromatic rings. The van der Waals surface area contributed by atoms with Crippen LogP contribution in [0.3, 0.4) is 0 Å². The molecule has 0 saturated carbocycles. The number of methoxy groups -OCH3 is 1. The van der Waals surface area contributed by atoms with E-state index in [0.717, 1.165) is 30.4 Å². The molecule has 17 heavy (non-hydrogen) atoms. The zero-order valence-corrected chi connectivity index (χ0v) is 12.0. The van der Waals surface area contributed by atoms with Gasteiger partial charge in [0.15, 0.2) is 0 Å². The van der Waals surface area contributed by atoms with Crippen LogP contribution in [0.4, 0.5) is 0 Å². The molecule has 1 aliphatic heterocycles. The lowest BCUT2D eigenvalue weighted by Crippen LogP contribution is -2.05. The molecule has 2 atom stereocenters. The predicted octanol–water partition coefficient (Wildman–Crippen LogP) is 3.26. The maximum atomic E-state index is 5.64. The number of thioether (sulfide) groups is 1. The number of ether oxygens (including phenoxy) is 2. The Morgan fingerprint density at radius 1 is 1.71 bits per heavy atom. The van der Waals surface area contributed by atoms with Crippen LogP contribution in [0.25, 0.3) is 0 Å². The van der Waals surface area contributed by atoms with Gasteiger partial charge in [-0.25, -0.2) is 4.98 Å². The molecule has 0 spiro atoms. The maximum Gasteiger partial charge on any atom is 0.122 e. The van der Waals surface area contributed by atoms with E-state index >= 15 is 0 Å². The fourth-order valence-electron chi connectivity index (χ4n) is 1.82. The second-order valence-electron chi connectivity index (χ2n) is 4.26. The fraction of sp³-hybridized carbons (Fsp3) is 0.750. The van der Waals surface area contributed by atoms with Gasteiger partial charge in [-0.05, 0) is 12.8 Å². The van der Waals surface area contributed by atoms with Gasteiger partial charge in [-0.3, -0.25) is 0 Å². The Morgan fingerprint density at radius 2 is 2.59 bits per heavy atom. The summed E-state index contributed by atoms with van der Waals surface area (Å²) in [5.41, 5.74) is 1.17. The normalized spacial score (nSPS) is 21.9. The van der Waals surface area contributed by atoms with Crippen molar-refractivity contribution in [3.8, 4) is 0 Å². The van der Waals surface area contributed by atoms with Crippen molar-refractivity contribution >= 4 is 23.1 Å². The standard InChI is InChI=1S/C12H19NO2S2/c1-9(6-14-2)16-7-10-8-17-12(13-10)11-4-3-5-15-11/h8-9,11H,3-7H2,1-2H3/t9-,11-/m1/s1. The van der Waals surface area contributed by atoms with E-state index in [9.17, 15) is 0 Å². The monoisotopic (exact) mass is 273 g/mol. The van der Waals surface area contributed by atoms with Gasteiger partial charge in [0.05, 0.1) is 12.3 Å². The summed E-state index contributed by atoms with van der Waals surface area (Å²) in [7, 11) is 1.75. The van der Waals surface area contributed by atoms with Gasteiger partial charge in [0, 0.05) is 30.1 Å². The Bertz CT molecular complexity index is 337. The lowest BCUT2D eigenvalue weighted by Gasteiger charge is -2.08. The van der Waals surface area contributed by atoms with E-state index in [1.165, 1.54) is 12.1 Å². The molecular formula is C12H19NO2S2. The van der Waals surface area contributed by atoms with Crippen LogP contribution in [0.15, 0.2) is 5.38 Å². The van der Waals surface area contributed by atoms with Gasteiger partial charge in [-0.2, -0.15) is 0 Å². The van der Waals surface area contributed by atoms with E-state index in [0.29, 0.717) is 5.25 Å². The zero-order valence-electron chi connectivity index (χ0n) is 10.3.